The van der Waals surface area contributed by atoms with Crippen LogP contribution in [0.25, 0.3) is 10.9 Å². The van der Waals surface area contributed by atoms with Crippen molar-refractivity contribution in [1.29, 1.82) is 0 Å². The van der Waals surface area contributed by atoms with Crippen LogP contribution in [0.1, 0.15) is 24.8 Å². The fourth-order valence-corrected chi connectivity index (χ4v) is 3.70. The summed E-state index contributed by atoms with van der Waals surface area (Å²) in [5, 5.41) is 4.67. The van der Waals surface area contributed by atoms with E-state index in [1.807, 2.05) is 43.8 Å². The van der Waals surface area contributed by atoms with Gasteiger partial charge in [0.2, 0.25) is 0 Å². The summed E-state index contributed by atoms with van der Waals surface area (Å²) in [4.78, 5) is 8.97. The number of hydrogen-bond donors (Lipinski definition) is 1. The molecule has 26 heavy (non-hydrogen) atoms. The molecule has 3 heterocycles. The molecule has 0 spiro atoms. The van der Waals surface area contributed by atoms with Gasteiger partial charge in [0, 0.05) is 55.8 Å². The summed E-state index contributed by atoms with van der Waals surface area (Å²) in [6.45, 7) is 1.62. The molecule has 1 saturated heterocycles. The Morgan fingerprint density at radius 1 is 1.27 bits per heavy atom. The maximum Gasteiger partial charge on any atom is 0.145 e. The standard InChI is InChI=1S/C20H24N4O2/c1-24-11-10-22-20(24)19-14(5-4-12-26-19)13-23-16-8-9-21-18-15(16)6-3-7-17(18)25-2/h3,6-11,14,19H,4-5,12-13H2,1-2H3,(H,21,23)/t14-,19+/m0/s1. The number of anilines is 1. The number of para-hydroxylation sites is 1. The summed E-state index contributed by atoms with van der Waals surface area (Å²) in [6.07, 6.45) is 7.86. The Hall–Kier alpha value is -2.60. The van der Waals surface area contributed by atoms with Gasteiger partial charge in [0.25, 0.3) is 0 Å². The van der Waals surface area contributed by atoms with Gasteiger partial charge in [0.05, 0.1) is 7.11 Å². The molecule has 1 N–H and O–H groups in total. The van der Waals surface area contributed by atoms with E-state index in [1.165, 1.54) is 0 Å². The average molecular weight is 352 g/mol. The van der Waals surface area contributed by atoms with Crippen molar-refractivity contribution in [3.05, 3.63) is 48.7 Å². The Morgan fingerprint density at radius 3 is 3.00 bits per heavy atom. The van der Waals surface area contributed by atoms with Crippen molar-refractivity contribution in [1.82, 2.24) is 14.5 Å². The van der Waals surface area contributed by atoms with Crippen LogP contribution >= 0.6 is 0 Å². The minimum atomic E-state index is 0.0267. The molecule has 6 heteroatoms. The lowest BCUT2D eigenvalue weighted by Gasteiger charge is -2.31. The lowest BCUT2D eigenvalue weighted by Crippen LogP contribution is -2.30. The van der Waals surface area contributed by atoms with Gasteiger partial charge in [-0.15, -0.1) is 0 Å². The molecular weight excluding hydrogens is 328 g/mol. The zero-order valence-electron chi connectivity index (χ0n) is 15.2. The molecule has 2 atom stereocenters. The maximum atomic E-state index is 6.07. The molecule has 3 aromatic rings. The molecule has 1 fully saturated rings. The van der Waals surface area contributed by atoms with E-state index in [9.17, 15) is 0 Å². The number of methoxy groups -OCH3 is 1. The number of ether oxygens (including phenoxy) is 2. The van der Waals surface area contributed by atoms with Gasteiger partial charge in [-0.25, -0.2) is 4.98 Å². The number of aryl methyl sites for hydroxylation is 1. The smallest absolute Gasteiger partial charge is 0.145 e. The highest BCUT2D eigenvalue weighted by Gasteiger charge is 2.30. The minimum Gasteiger partial charge on any atom is -0.494 e. The lowest BCUT2D eigenvalue weighted by atomic mass is 9.93. The highest BCUT2D eigenvalue weighted by Crippen LogP contribution is 2.34. The molecule has 0 bridgehead atoms. The van der Waals surface area contributed by atoms with Gasteiger partial charge in [-0.3, -0.25) is 4.98 Å². The molecule has 1 aliphatic heterocycles. The highest BCUT2D eigenvalue weighted by atomic mass is 16.5. The van der Waals surface area contributed by atoms with E-state index in [0.29, 0.717) is 5.92 Å². The Labute approximate surface area is 153 Å². The quantitative estimate of drug-likeness (QED) is 0.761. The Kier molecular flexibility index (Phi) is 4.75. The largest absolute Gasteiger partial charge is 0.494 e. The molecule has 0 unspecified atom stereocenters. The maximum absolute atomic E-state index is 6.07. The zero-order chi connectivity index (χ0) is 17.9. The van der Waals surface area contributed by atoms with Gasteiger partial charge in [-0.1, -0.05) is 12.1 Å². The van der Waals surface area contributed by atoms with Crippen LogP contribution in [0.3, 0.4) is 0 Å². The van der Waals surface area contributed by atoms with Gasteiger partial charge >= 0.3 is 0 Å². The summed E-state index contributed by atoms with van der Waals surface area (Å²) in [7, 11) is 3.70. The average Bonchev–Trinajstić information content (AvgIpc) is 3.11. The SMILES string of the molecule is COc1cccc2c(NC[C@@H]3CCCO[C@H]3c3nccn3C)ccnc12. The molecule has 0 amide bonds. The molecule has 0 aliphatic carbocycles. The Morgan fingerprint density at radius 2 is 2.19 bits per heavy atom. The molecule has 2 aromatic heterocycles. The summed E-state index contributed by atoms with van der Waals surface area (Å²) in [5.41, 5.74) is 1.94. The van der Waals surface area contributed by atoms with E-state index in [0.717, 1.165) is 54.2 Å². The van der Waals surface area contributed by atoms with E-state index in [4.69, 9.17) is 9.47 Å². The number of rotatable bonds is 5. The third-order valence-corrected chi connectivity index (χ3v) is 5.07. The highest BCUT2D eigenvalue weighted by molar-refractivity contribution is 5.94. The van der Waals surface area contributed by atoms with Gasteiger partial charge in [0.1, 0.15) is 23.2 Å². The lowest BCUT2D eigenvalue weighted by molar-refractivity contribution is -0.0304. The summed E-state index contributed by atoms with van der Waals surface area (Å²) in [5.74, 6) is 2.16. The Bertz CT molecular complexity index is 892. The zero-order valence-corrected chi connectivity index (χ0v) is 15.2. The van der Waals surface area contributed by atoms with Crippen LogP contribution in [0.5, 0.6) is 5.75 Å². The fourth-order valence-electron chi connectivity index (χ4n) is 3.70. The van der Waals surface area contributed by atoms with Crippen LogP contribution < -0.4 is 10.1 Å². The number of hydrogen-bond acceptors (Lipinski definition) is 5. The second kappa shape index (κ2) is 7.33. The molecule has 0 radical (unpaired) electrons. The van der Waals surface area contributed by atoms with Crippen molar-refractivity contribution in [2.45, 2.75) is 18.9 Å². The first-order valence-electron chi connectivity index (χ1n) is 9.02. The number of fused-ring (bicyclic) bond motifs is 1. The van der Waals surface area contributed by atoms with Gasteiger partial charge in [0.15, 0.2) is 0 Å². The normalized spacial score (nSPS) is 20.2. The van der Waals surface area contributed by atoms with Crippen molar-refractivity contribution in [2.24, 2.45) is 13.0 Å². The van der Waals surface area contributed by atoms with Crippen LogP contribution in [0, 0.1) is 5.92 Å². The van der Waals surface area contributed by atoms with Crippen LogP contribution in [0.2, 0.25) is 0 Å². The first-order valence-corrected chi connectivity index (χ1v) is 9.02. The van der Waals surface area contributed by atoms with Crippen LogP contribution in [-0.4, -0.2) is 34.8 Å². The second-order valence-corrected chi connectivity index (χ2v) is 6.69. The van der Waals surface area contributed by atoms with E-state index < -0.39 is 0 Å². The molecule has 136 valence electrons. The number of imidazole rings is 1. The minimum absolute atomic E-state index is 0.0267. The predicted molar refractivity (Wildman–Crippen MR) is 101 cm³/mol. The monoisotopic (exact) mass is 352 g/mol. The number of benzene rings is 1. The van der Waals surface area contributed by atoms with E-state index in [2.05, 4.69) is 25.9 Å². The molecule has 1 aliphatic rings. The van der Waals surface area contributed by atoms with E-state index in [-0.39, 0.29) is 6.10 Å². The Balaban J connectivity index is 1.56. The third-order valence-electron chi connectivity index (χ3n) is 5.07. The summed E-state index contributed by atoms with van der Waals surface area (Å²) >= 11 is 0. The number of pyridine rings is 1. The van der Waals surface area contributed by atoms with Gasteiger partial charge in [-0.2, -0.15) is 0 Å². The van der Waals surface area contributed by atoms with Crippen LogP contribution in [0.15, 0.2) is 42.9 Å². The van der Waals surface area contributed by atoms with Crippen molar-refractivity contribution >= 4 is 16.6 Å². The van der Waals surface area contributed by atoms with Crippen molar-refractivity contribution in [3.63, 3.8) is 0 Å². The summed E-state index contributed by atoms with van der Waals surface area (Å²) < 4.78 is 13.6. The first kappa shape index (κ1) is 16.8. The fraction of sp³-hybridized carbons (Fsp3) is 0.400. The molecule has 4 rings (SSSR count). The molecule has 1 aromatic carbocycles. The third kappa shape index (κ3) is 3.12. The van der Waals surface area contributed by atoms with Gasteiger partial charge in [-0.05, 0) is 25.0 Å². The second-order valence-electron chi connectivity index (χ2n) is 6.69. The summed E-state index contributed by atoms with van der Waals surface area (Å²) in [6, 6.07) is 8.02. The van der Waals surface area contributed by atoms with Gasteiger partial charge < -0.3 is 19.4 Å². The van der Waals surface area contributed by atoms with Crippen molar-refractivity contribution in [2.75, 3.05) is 25.6 Å². The molecule has 6 nitrogen and oxygen atoms in total. The van der Waals surface area contributed by atoms with Crippen LogP contribution in [-0.2, 0) is 11.8 Å². The number of nitrogens with one attached hydrogen (secondary N) is 1. The molecular formula is C20H24N4O2. The van der Waals surface area contributed by atoms with Crippen molar-refractivity contribution < 1.29 is 9.47 Å². The van der Waals surface area contributed by atoms with E-state index in [1.54, 1.807) is 7.11 Å². The number of aromatic nitrogens is 3. The van der Waals surface area contributed by atoms with E-state index >= 15 is 0 Å². The molecule has 0 saturated carbocycles. The predicted octanol–water partition coefficient (Wildman–Crippen LogP) is 3.56. The first-order chi connectivity index (χ1) is 12.8. The van der Waals surface area contributed by atoms with Crippen molar-refractivity contribution in [3.8, 4) is 5.75 Å². The van der Waals surface area contributed by atoms with Crippen LogP contribution in [0.4, 0.5) is 5.69 Å². The topological polar surface area (TPSA) is 61.2 Å². The number of nitrogens with zero attached hydrogens (tertiary/aromatic N) is 3.